The predicted octanol–water partition coefficient (Wildman–Crippen LogP) is 11.2. The fourth-order valence-corrected chi connectivity index (χ4v) is 6.38. The molecule has 38 heavy (non-hydrogen) atoms. The minimum absolute atomic E-state index is 0.00682. The highest BCUT2D eigenvalue weighted by atomic mass is 79.9. The summed E-state index contributed by atoms with van der Waals surface area (Å²) in [6.07, 6.45) is -11.4. The second-order valence-corrected chi connectivity index (χ2v) is 11.0. The van der Waals surface area contributed by atoms with Gasteiger partial charge in [0.25, 0.3) is 0 Å². The molecule has 2 atom stereocenters. The number of unbranched alkanes of at least 4 members (excludes halogenated alkanes) is 6. The van der Waals surface area contributed by atoms with E-state index in [0.717, 1.165) is 11.1 Å². The van der Waals surface area contributed by atoms with Gasteiger partial charge in [-0.05, 0) is 54.0 Å². The fraction of sp³-hybridized carbons (Fsp3) is 0.586. The van der Waals surface area contributed by atoms with Crippen LogP contribution >= 0.6 is 15.9 Å². The monoisotopic (exact) mass is 612 g/mol. The molecule has 1 aliphatic rings. The van der Waals surface area contributed by atoms with E-state index in [-0.39, 0.29) is 25.7 Å². The molecule has 0 saturated heterocycles. The maximum atomic E-state index is 16.4. The number of hydrogen-bond acceptors (Lipinski definition) is 0. The molecule has 0 radical (unpaired) electrons. The smallest absolute Gasteiger partial charge is 0.246 e. The van der Waals surface area contributed by atoms with Crippen molar-refractivity contribution in [3.8, 4) is 11.1 Å². The number of hydrogen-bond donors (Lipinski definition) is 0. The maximum absolute atomic E-state index is 16.4. The zero-order chi connectivity index (χ0) is 28.0. The standard InChI is InChI=1S/C29H33BrF8/c30-23-15-11-13-21-20-12-7-8-14-22(20)29(26(21)23,24(31)16-5-1-3-9-18-27(33,34)35)25(32)17-6-2-4-10-19-28(36,37)38/h7-8,11-15,24-25H,1-6,9-10,16-19H2. The molecule has 2 aromatic rings. The van der Waals surface area contributed by atoms with Crippen molar-refractivity contribution < 1.29 is 35.1 Å². The molecule has 2 aromatic carbocycles. The van der Waals surface area contributed by atoms with Gasteiger partial charge in [-0.15, -0.1) is 0 Å². The average molecular weight is 613 g/mol. The summed E-state index contributed by atoms with van der Waals surface area (Å²) in [5.74, 6) is 0. The Morgan fingerprint density at radius 2 is 1.08 bits per heavy atom. The molecule has 0 spiro atoms. The molecule has 0 aromatic heterocycles. The van der Waals surface area contributed by atoms with Gasteiger partial charge < -0.3 is 0 Å². The van der Waals surface area contributed by atoms with Crippen LogP contribution in [-0.2, 0) is 5.41 Å². The zero-order valence-corrected chi connectivity index (χ0v) is 22.7. The van der Waals surface area contributed by atoms with Crippen LogP contribution in [0.3, 0.4) is 0 Å². The van der Waals surface area contributed by atoms with E-state index in [1.54, 1.807) is 30.3 Å². The van der Waals surface area contributed by atoms with Gasteiger partial charge in [-0.25, -0.2) is 8.78 Å². The Morgan fingerprint density at radius 3 is 1.61 bits per heavy atom. The second-order valence-electron chi connectivity index (χ2n) is 10.1. The van der Waals surface area contributed by atoms with Crippen molar-refractivity contribution in [2.45, 2.75) is 107 Å². The number of benzene rings is 2. The minimum Gasteiger partial charge on any atom is -0.246 e. The average Bonchev–Trinajstić information content (AvgIpc) is 3.14. The van der Waals surface area contributed by atoms with E-state index >= 15 is 8.78 Å². The molecular weight excluding hydrogens is 580 g/mol. The van der Waals surface area contributed by atoms with Gasteiger partial charge in [0.15, 0.2) is 0 Å². The summed E-state index contributed by atoms with van der Waals surface area (Å²) >= 11 is 3.51. The van der Waals surface area contributed by atoms with Gasteiger partial charge in [-0.1, -0.05) is 90.9 Å². The SMILES string of the molecule is FC(CCCCCCC(F)(F)F)C1(C(F)CCCCCCC(F)(F)F)c2ccccc2-c2cccc(Br)c21. The largest absolute Gasteiger partial charge is 0.389 e. The number of rotatable bonds is 14. The van der Waals surface area contributed by atoms with Crippen molar-refractivity contribution in [3.63, 3.8) is 0 Å². The quantitative estimate of drug-likeness (QED) is 0.147. The molecule has 0 nitrogen and oxygen atoms in total. The molecule has 0 N–H and O–H groups in total. The highest BCUT2D eigenvalue weighted by molar-refractivity contribution is 9.10. The highest BCUT2D eigenvalue weighted by Gasteiger charge is 2.55. The molecule has 0 heterocycles. The Kier molecular flexibility index (Phi) is 10.7. The Labute approximate surface area is 227 Å². The molecule has 212 valence electrons. The van der Waals surface area contributed by atoms with Crippen LogP contribution in [0.25, 0.3) is 11.1 Å². The lowest BCUT2D eigenvalue weighted by molar-refractivity contribution is -0.136. The Morgan fingerprint density at radius 1 is 0.605 bits per heavy atom. The van der Waals surface area contributed by atoms with Crippen molar-refractivity contribution >= 4 is 15.9 Å². The normalized spacial score (nSPS) is 18.8. The van der Waals surface area contributed by atoms with Crippen LogP contribution in [0, 0.1) is 0 Å². The van der Waals surface area contributed by atoms with E-state index in [0.29, 0.717) is 54.1 Å². The topological polar surface area (TPSA) is 0 Å². The summed E-state index contributed by atoms with van der Waals surface area (Å²) in [5.41, 5.74) is 0.927. The van der Waals surface area contributed by atoms with Crippen LogP contribution in [0.1, 0.15) is 88.2 Å². The predicted molar refractivity (Wildman–Crippen MR) is 138 cm³/mol. The third-order valence-electron chi connectivity index (χ3n) is 7.41. The van der Waals surface area contributed by atoms with Crippen molar-refractivity contribution in [1.82, 2.24) is 0 Å². The summed E-state index contributed by atoms with van der Waals surface area (Å²) < 4.78 is 108. The zero-order valence-electron chi connectivity index (χ0n) is 21.1. The van der Waals surface area contributed by atoms with Crippen LogP contribution in [0.5, 0.6) is 0 Å². The van der Waals surface area contributed by atoms with Gasteiger partial charge in [0.1, 0.15) is 12.3 Å². The molecule has 3 rings (SSSR count). The van der Waals surface area contributed by atoms with E-state index in [2.05, 4.69) is 15.9 Å². The molecule has 0 amide bonds. The summed E-state index contributed by atoms with van der Waals surface area (Å²) in [6.45, 7) is 0. The van der Waals surface area contributed by atoms with Crippen molar-refractivity contribution in [1.29, 1.82) is 0 Å². The Balaban J connectivity index is 1.79. The molecule has 2 unspecified atom stereocenters. The summed E-state index contributed by atoms with van der Waals surface area (Å²) in [5, 5.41) is 0. The van der Waals surface area contributed by atoms with E-state index in [1.165, 1.54) is 0 Å². The Hall–Kier alpha value is -1.64. The van der Waals surface area contributed by atoms with Gasteiger partial charge in [-0.2, -0.15) is 26.3 Å². The van der Waals surface area contributed by atoms with Gasteiger partial charge in [0, 0.05) is 17.3 Å². The lowest BCUT2D eigenvalue weighted by Gasteiger charge is -2.39. The second kappa shape index (κ2) is 13.1. The van der Waals surface area contributed by atoms with Crippen LogP contribution in [-0.4, -0.2) is 24.7 Å². The molecular formula is C29H33BrF8. The minimum atomic E-state index is -4.22. The van der Waals surface area contributed by atoms with Crippen LogP contribution in [0.2, 0.25) is 0 Å². The van der Waals surface area contributed by atoms with Crippen LogP contribution in [0.15, 0.2) is 46.9 Å². The van der Waals surface area contributed by atoms with Gasteiger partial charge in [0.05, 0.1) is 5.41 Å². The number of fused-ring (bicyclic) bond motifs is 3. The molecule has 1 aliphatic carbocycles. The van der Waals surface area contributed by atoms with E-state index in [9.17, 15) is 26.3 Å². The van der Waals surface area contributed by atoms with E-state index in [1.807, 2.05) is 12.1 Å². The van der Waals surface area contributed by atoms with Crippen molar-refractivity contribution in [2.24, 2.45) is 0 Å². The third-order valence-corrected chi connectivity index (χ3v) is 8.07. The van der Waals surface area contributed by atoms with Gasteiger partial charge in [0.2, 0.25) is 0 Å². The summed E-state index contributed by atoms with van der Waals surface area (Å²) in [4.78, 5) is 0. The summed E-state index contributed by atoms with van der Waals surface area (Å²) in [7, 11) is 0. The number of alkyl halides is 8. The lowest BCUT2D eigenvalue weighted by Crippen LogP contribution is -2.45. The molecule has 0 aliphatic heterocycles. The van der Waals surface area contributed by atoms with Gasteiger partial charge in [-0.3, -0.25) is 0 Å². The fourth-order valence-electron chi connectivity index (χ4n) is 5.69. The summed E-state index contributed by atoms with van der Waals surface area (Å²) in [6, 6.07) is 12.5. The molecule has 9 heteroatoms. The number of halogens is 9. The van der Waals surface area contributed by atoms with Gasteiger partial charge >= 0.3 is 12.4 Å². The first-order valence-electron chi connectivity index (χ1n) is 13.2. The van der Waals surface area contributed by atoms with Crippen LogP contribution in [0.4, 0.5) is 35.1 Å². The third kappa shape index (κ3) is 7.51. The van der Waals surface area contributed by atoms with E-state index < -0.39 is 43.0 Å². The van der Waals surface area contributed by atoms with Crippen molar-refractivity contribution in [2.75, 3.05) is 0 Å². The van der Waals surface area contributed by atoms with Crippen LogP contribution < -0.4 is 0 Å². The first-order valence-corrected chi connectivity index (χ1v) is 14.0. The molecule has 0 saturated carbocycles. The maximum Gasteiger partial charge on any atom is 0.389 e. The van der Waals surface area contributed by atoms with E-state index in [4.69, 9.17) is 0 Å². The first kappa shape index (κ1) is 30.9. The molecule has 0 fully saturated rings. The van der Waals surface area contributed by atoms with Crippen molar-refractivity contribution in [3.05, 3.63) is 58.1 Å². The first-order chi connectivity index (χ1) is 17.9. The Bertz CT molecular complexity index is 998. The lowest BCUT2D eigenvalue weighted by atomic mass is 9.68. The molecule has 0 bridgehead atoms. The highest BCUT2D eigenvalue weighted by Crippen LogP contribution is 2.57.